The maximum Gasteiger partial charge on any atom is 0.262 e. The number of amides is 2. The average Bonchev–Trinajstić information content (AvgIpc) is 3.56. The molecule has 2 aliphatic rings. The van der Waals surface area contributed by atoms with Gasteiger partial charge < -0.3 is 9.73 Å². The van der Waals surface area contributed by atoms with Crippen LogP contribution in [0.1, 0.15) is 35.8 Å². The van der Waals surface area contributed by atoms with Gasteiger partial charge in [0.25, 0.3) is 5.91 Å². The molecule has 0 saturated heterocycles. The minimum absolute atomic E-state index is 0.0256. The number of amidine groups is 1. The number of halogens is 1. The van der Waals surface area contributed by atoms with Crippen molar-refractivity contribution >= 4 is 51.7 Å². The SMILES string of the molecule is Cc1ccccc1NC(=O)C[C@H]1SC(N2N=C(c3ccc(Cl)cc3)C[C@H]2c2ccco2)=NC1=O. The molecular weight excluding hydrogens is 472 g/mol. The van der Waals surface area contributed by atoms with Gasteiger partial charge in [0, 0.05) is 23.6 Å². The Balaban J connectivity index is 1.33. The van der Waals surface area contributed by atoms with Crippen molar-refractivity contribution < 1.29 is 14.0 Å². The van der Waals surface area contributed by atoms with Crippen LogP contribution in [0, 0.1) is 6.92 Å². The van der Waals surface area contributed by atoms with E-state index in [2.05, 4.69) is 10.3 Å². The van der Waals surface area contributed by atoms with E-state index in [1.54, 1.807) is 11.3 Å². The number of hydrazone groups is 1. The molecule has 0 spiro atoms. The highest BCUT2D eigenvalue weighted by Crippen LogP contribution is 2.38. The third-order valence-corrected chi connectivity index (χ3v) is 7.07. The second kappa shape index (κ2) is 9.48. The number of hydrogen-bond donors (Lipinski definition) is 1. The lowest BCUT2D eigenvalue weighted by atomic mass is 10.0. The fourth-order valence-corrected chi connectivity index (χ4v) is 5.08. The number of furan rings is 1. The summed E-state index contributed by atoms with van der Waals surface area (Å²) in [5.41, 5.74) is 3.47. The van der Waals surface area contributed by atoms with Crippen molar-refractivity contribution in [2.75, 3.05) is 5.32 Å². The smallest absolute Gasteiger partial charge is 0.262 e. The Labute approximate surface area is 205 Å². The highest BCUT2D eigenvalue weighted by atomic mass is 35.5. The van der Waals surface area contributed by atoms with Gasteiger partial charge in [0.15, 0.2) is 5.17 Å². The predicted octanol–water partition coefficient (Wildman–Crippen LogP) is 5.42. The van der Waals surface area contributed by atoms with Crippen LogP contribution in [0.15, 0.2) is 81.4 Å². The zero-order chi connectivity index (χ0) is 23.7. The molecule has 172 valence electrons. The first-order valence-corrected chi connectivity index (χ1v) is 12.0. The van der Waals surface area contributed by atoms with Crippen LogP contribution in [-0.2, 0) is 9.59 Å². The fraction of sp³-hybridized carbons (Fsp3) is 0.200. The zero-order valence-electron chi connectivity index (χ0n) is 18.3. The minimum atomic E-state index is -0.606. The average molecular weight is 493 g/mol. The topological polar surface area (TPSA) is 87.3 Å². The lowest BCUT2D eigenvalue weighted by Crippen LogP contribution is -2.25. The number of nitrogens with zero attached hydrogens (tertiary/aromatic N) is 3. The molecule has 0 bridgehead atoms. The second-order valence-electron chi connectivity index (χ2n) is 8.04. The summed E-state index contributed by atoms with van der Waals surface area (Å²) in [6.07, 6.45) is 2.22. The van der Waals surface area contributed by atoms with Crippen molar-refractivity contribution in [3.05, 3.63) is 88.8 Å². The molecule has 2 aromatic carbocycles. The number of benzene rings is 2. The first kappa shape index (κ1) is 22.4. The lowest BCUT2D eigenvalue weighted by Gasteiger charge is -2.21. The van der Waals surface area contributed by atoms with Gasteiger partial charge in [-0.25, -0.2) is 5.01 Å². The van der Waals surface area contributed by atoms with Gasteiger partial charge in [-0.1, -0.05) is 53.7 Å². The summed E-state index contributed by atoms with van der Waals surface area (Å²) in [6.45, 7) is 1.92. The van der Waals surface area contributed by atoms with Crippen molar-refractivity contribution in [2.45, 2.75) is 31.1 Å². The molecule has 7 nitrogen and oxygen atoms in total. The molecule has 2 atom stereocenters. The Morgan fingerprint density at radius 1 is 1.18 bits per heavy atom. The van der Waals surface area contributed by atoms with Crippen LogP contribution in [0.2, 0.25) is 5.02 Å². The van der Waals surface area contributed by atoms with Crippen LogP contribution >= 0.6 is 23.4 Å². The fourth-order valence-electron chi connectivity index (χ4n) is 3.89. The van der Waals surface area contributed by atoms with E-state index in [1.807, 2.05) is 67.6 Å². The number of aliphatic imine (C=N–C) groups is 1. The van der Waals surface area contributed by atoms with Crippen molar-refractivity contribution in [1.82, 2.24) is 5.01 Å². The van der Waals surface area contributed by atoms with Crippen molar-refractivity contribution in [2.24, 2.45) is 10.1 Å². The molecule has 3 heterocycles. The monoisotopic (exact) mass is 492 g/mol. The Bertz CT molecular complexity index is 1290. The highest BCUT2D eigenvalue weighted by Gasteiger charge is 2.40. The van der Waals surface area contributed by atoms with Crippen LogP contribution in [0.4, 0.5) is 5.69 Å². The van der Waals surface area contributed by atoms with Gasteiger partial charge in [0.05, 0.1) is 12.0 Å². The number of para-hydroxylation sites is 1. The first-order chi connectivity index (χ1) is 16.5. The van der Waals surface area contributed by atoms with Gasteiger partial charge in [0.2, 0.25) is 5.91 Å². The summed E-state index contributed by atoms with van der Waals surface area (Å²) in [6, 6.07) is 18.5. The molecule has 0 saturated carbocycles. The minimum Gasteiger partial charge on any atom is -0.467 e. The number of carbonyl (C=O) groups is 2. The van der Waals surface area contributed by atoms with Gasteiger partial charge in [-0.3, -0.25) is 9.59 Å². The lowest BCUT2D eigenvalue weighted by molar-refractivity contribution is -0.121. The van der Waals surface area contributed by atoms with E-state index in [4.69, 9.17) is 21.1 Å². The van der Waals surface area contributed by atoms with Gasteiger partial charge in [0.1, 0.15) is 17.1 Å². The Morgan fingerprint density at radius 2 is 1.97 bits per heavy atom. The van der Waals surface area contributed by atoms with Crippen molar-refractivity contribution in [3.63, 3.8) is 0 Å². The van der Waals surface area contributed by atoms with Crippen LogP contribution in [-0.4, -0.2) is 33.0 Å². The molecule has 9 heteroatoms. The zero-order valence-corrected chi connectivity index (χ0v) is 19.8. The Hall–Kier alpha value is -3.36. The largest absolute Gasteiger partial charge is 0.467 e. The molecule has 0 aliphatic carbocycles. The van der Waals surface area contributed by atoms with Gasteiger partial charge in [-0.15, -0.1) is 0 Å². The van der Waals surface area contributed by atoms with E-state index in [0.29, 0.717) is 16.6 Å². The number of carbonyl (C=O) groups excluding carboxylic acids is 2. The normalized spacial score (nSPS) is 19.8. The van der Waals surface area contributed by atoms with E-state index < -0.39 is 5.25 Å². The maximum absolute atomic E-state index is 12.7. The summed E-state index contributed by atoms with van der Waals surface area (Å²) >= 11 is 7.29. The second-order valence-corrected chi connectivity index (χ2v) is 9.65. The van der Waals surface area contributed by atoms with E-state index in [9.17, 15) is 9.59 Å². The molecule has 34 heavy (non-hydrogen) atoms. The molecule has 5 rings (SSSR count). The summed E-state index contributed by atoms with van der Waals surface area (Å²) < 4.78 is 5.66. The van der Waals surface area contributed by atoms with Crippen molar-refractivity contribution in [3.8, 4) is 0 Å². The van der Waals surface area contributed by atoms with Crippen LogP contribution in [0.3, 0.4) is 0 Å². The standard InChI is InChI=1S/C25H21ClN4O3S/c1-15-5-2-3-6-18(15)27-23(31)14-22-24(32)28-25(34-22)30-20(21-7-4-12-33-21)13-19(29-30)16-8-10-17(26)11-9-16/h2-12,20,22H,13-14H2,1H3,(H,27,31)/t20-,22+/m0/s1. The van der Waals surface area contributed by atoms with Crippen LogP contribution in [0.25, 0.3) is 0 Å². The summed E-state index contributed by atoms with van der Waals surface area (Å²) in [7, 11) is 0. The highest BCUT2D eigenvalue weighted by molar-refractivity contribution is 8.15. The first-order valence-electron chi connectivity index (χ1n) is 10.8. The quantitative estimate of drug-likeness (QED) is 0.514. The summed E-state index contributed by atoms with van der Waals surface area (Å²) in [5, 5.41) is 9.89. The Morgan fingerprint density at radius 3 is 2.71 bits per heavy atom. The molecular formula is C25H21ClN4O3S. The maximum atomic E-state index is 12.7. The number of hydrogen-bond acceptors (Lipinski definition) is 6. The molecule has 0 unspecified atom stereocenters. The summed E-state index contributed by atoms with van der Waals surface area (Å²) in [5.74, 6) is 0.156. The van der Waals surface area contributed by atoms with E-state index in [-0.39, 0.29) is 24.3 Å². The molecule has 3 aromatic rings. The molecule has 0 radical (unpaired) electrons. The third-order valence-electron chi connectivity index (χ3n) is 5.67. The molecule has 1 N–H and O–H groups in total. The van der Waals surface area contributed by atoms with Gasteiger partial charge in [-0.05, 0) is 48.4 Å². The van der Waals surface area contributed by atoms with Gasteiger partial charge in [-0.2, -0.15) is 10.1 Å². The number of aryl methyl sites for hydroxylation is 1. The number of rotatable bonds is 5. The van der Waals surface area contributed by atoms with Crippen LogP contribution in [0.5, 0.6) is 0 Å². The van der Waals surface area contributed by atoms with E-state index in [0.717, 1.165) is 28.3 Å². The molecule has 2 amide bonds. The van der Waals surface area contributed by atoms with Crippen molar-refractivity contribution in [1.29, 1.82) is 0 Å². The number of nitrogens with one attached hydrogen (secondary N) is 1. The van der Waals surface area contributed by atoms with Crippen LogP contribution < -0.4 is 5.32 Å². The predicted molar refractivity (Wildman–Crippen MR) is 134 cm³/mol. The number of anilines is 1. The molecule has 1 aromatic heterocycles. The summed E-state index contributed by atoms with van der Waals surface area (Å²) in [4.78, 5) is 29.5. The molecule has 0 fully saturated rings. The third kappa shape index (κ3) is 4.64. The molecule has 2 aliphatic heterocycles. The number of thioether (sulfide) groups is 1. The van der Waals surface area contributed by atoms with E-state index >= 15 is 0 Å². The Kier molecular flexibility index (Phi) is 6.26. The van der Waals surface area contributed by atoms with E-state index in [1.165, 1.54) is 11.8 Å². The van der Waals surface area contributed by atoms with Gasteiger partial charge >= 0.3 is 0 Å².